The van der Waals surface area contributed by atoms with Gasteiger partial charge in [-0.25, -0.2) is 0 Å². The summed E-state index contributed by atoms with van der Waals surface area (Å²) in [6.07, 6.45) is 0. The molecule has 0 aliphatic carbocycles. The number of hydrogen-bond acceptors (Lipinski definition) is 3. The summed E-state index contributed by atoms with van der Waals surface area (Å²) in [6.45, 7) is 2.48. The van der Waals surface area contributed by atoms with Gasteiger partial charge in [-0.2, -0.15) is 0 Å². The fourth-order valence-corrected chi connectivity index (χ4v) is 2.71. The van der Waals surface area contributed by atoms with Crippen LogP contribution in [0.2, 0.25) is 0 Å². The summed E-state index contributed by atoms with van der Waals surface area (Å²) in [5, 5.41) is 5.95. The van der Waals surface area contributed by atoms with Crippen molar-refractivity contribution in [1.29, 1.82) is 0 Å². The monoisotopic (exact) mass is 376 g/mol. The lowest BCUT2D eigenvalue weighted by Gasteiger charge is -2.11. The van der Waals surface area contributed by atoms with Crippen LogP contribution in [0.15, 0.2) is 78.9 Å². The Balaban J connectivity index is 1.53. The van der Waals surface area contributed by atoms with E-state index in [0.717, 1.165) is 16.8 Å². The Hall–Kier alpha value is -3.18. The zero-order valence-corrected chi connectivity index (χ0v) is 15.8. The first-order valence-corrected chi connectivity index (χ1v) is 8.97. The number of rotatable bonds is 5. The zero-order chi connectivity index (χ0) is 19.1. The van der Waals surface area contributed by atoms with Gasteiger partial charge in [0.05, 0.1) is 0 Å². The van der Waals surface area contributed by atoms with Crippen LogP contribution < -0.4 is 15.4 Å². The van der Waals surface area contributed by atoms with Crippen molar-refractivity contribution in [2.45, 2.75) is 13.5 Å². The topological polar surface area (TPSA) is 50.4 Å². The smallest absolute Gasteiger partial charge is 0.257 e. The minimum Gasteiger partial charge on any atom is -0.489 e. The maximum atomic E-state index is 12.3. The summed E-state index contributed by atoms with van der Waals surface area (Å²) in [6, 6.07) is 24.7. The molecule has 0 bridgehead atoms. The Labute approximate surface area is 164 Å². The summed E-state index contributed by atoms with van der Waals surface area (Å²) in [5.74, 6) is 0.436. The highest BCUT2D eigenvalue weighted by atomic mass is 32.1. The van der Waals surface area contributed by atoms with Crippen molar-refractivity contribution in [2.24, 2.45) is 0 Å². The predicted molar refractivity (Wildman–Crippen MR) is 112 cm³/mol. The molecule has 0 radical (unpaired) electrons. The van der Waals surface area contributed by atoms with Gasteiger partial charge in [0.25, 0.3) is 5.91 Å². The molecule has 0 saturated carbocycles. The number of aryl methyl sites for hydroxylation is 1. The number of hydrogen-bond donors (Lipinski definition) is 2. The molecule has 0 heterocycles. The van der Waals surface area contributed by atoms with Gasteiger partial charge in [0.2, 0.25) is 0 Å². The molecule has 5 heteroatoms. The van der Waals surface area contributed by atoms with E-state index in [-0.39, 0.29) is 11.0 Å². The molecular formula is C22H20N2O2S. The van der Waals surface area contributed by atoms with E-state index < -0.39 is 0 Å². The number of nitrogens with one attached hydrogen (secondary N) is 2. The van der Waals surface area contributed by atoms with Gasteiger partial charge >= 0.3 is 0 Å². The van der Waals surface area contributed by atoms with Crippen molar-refractivity contribution < 1.29 is 9.53 Å². The molecule has 0 unspecified atom stereocenters. The van der Waals surface area contributed by atoms with Crippen molar-refractivity contribution in [2.75, 3.05) is 5.32 Å². The molecule has 27 heavy (non-hydrogen) atoms. The second-order valence-corrected chi connectivity index (χ2v) is 6.48. The van der Waals surface area contributed by atoms with E-state index in [9.17, 15) is 4.79 Å². The highest BCUT2D eigenvalue weighted by Crippen LogP contribution is 2.14. The molecule has 0 fully saturated rings. The van der Waals surface area contributed by atoms with E-state index in [0.29, 0.717) is 17.9 Å². The molecular weight excluding hydrogens is 356 g/mol. The second kappa shape index (κ2) is 8.96. The number of carbonyl (C=O) groups excluding carboxylic acids is 1. The van der Waals surface area contributed by atoms with E-state index in [1.807, 2.05) is 61.5 Å². The molecule has 3 aromatic carbocycles. The van der Waals surface area contributed by atoms with Crippen molar-refractivity contribution >= 4 is 28.9 Å². The molecule has 0 atom stereocenters. The molecule has 0 aliphatic heterocycles. The quantitative estimate of drug-likeness (QED) is 0.634. The number of amides is 1. The number of anilines is 1. The third-order valence-electron chi connectivity index (χ3n) is 3.87. The summed E-state index contributed by atoms with van der Waals surface area (Å²) in [5.41, 5.74) is 3.55. The molecule has 2 N–H and O–H groups in total. The van der Waals surface area contributed by atoms with Crippen LogP contribution in [-0.4, -0.2) is 11.0 Å². The summed E-state index contributed by atoms with van der Waals surface area (Å²) >= 11 is 5.21. The molecule has 4 nitrogen and oxygen atoms in total. The first-order valence-electron chi connectivity index (χ1n) is 8.56. The average Bonchev–Trinajstić information content (AvgIpc) is 2.67. The Morgan fingerprint density at radius 1 is 0.963 bits per heavy atom. The van der Waals surface area contributed by atoms with Gasteiger partial charge in [0.15, 0.2) is 5.11 Å². The van der Waals surface area contributed by atoms with E-state index in [1.54, 1.807) is 24.3 Å². The van der Waals surface area contributed by atoms with Crippen LogP contribution >= 0.6 is 12.2 Å². The summed E-state index contributed by atoms with van der Waals surface area (Å²) in [4.78, 5) is 12.3. The van der Waals surface area contributed by atoms with Crippen LogP contribution in [0.25, 0.3) is 0 Å². The van der Waals surface area contributed by atoms with E-state index in [2.05, 4.69) is 10.6 Å². The summed E-state index contributed by atoms with van der Waals surface area (Å²) in [7, 11) is 0. The molecule has 0 aliphatic rings. The van der Waals surface area contributed by atoms with Crippen LogP contribution in [0.3, 0.4) is 0 Å². The Kier molecular flexibility index (Phi) is 6.18. The van der Waals surface area contributed by atoms with E-state index >= 15 is 0 Å². The highest BCUT2D eigenvalue weighted by molar-refractivity contribution is 7.80. The van der Waals surface area contributed by atoms with Gasteiger partial charge in [-0.15, -0.1) is 0 Å². The Morgan fingerprint density at radius 3 is 2.41 bits per heavy atom. The van der Waals surface area contributed by atoms with Crippen LogP contribution in [-0.2, 0) is 6.61 Å². The minimum atomic E-state index is -0.269. The van der Waals surface area contributed by atoms with E-state index in [1.165, 1.54) is 0 Å². The third-order valence-corrected chi connectivity index (χ3v) is 4.07. The van der Waals surface area contributed by atoms with Gasteiger partial charge in [0, 0.05) is 11.3 Å². The predicted octanol–water partition coefficient (Wildman–Crippen LogP) is 4.70. The normalized spacial score (nSPS) is 10.1. The SMILES string of the molecule is Cc1cccc(NC(=S)NC(=O)c2ccc(OCc3ccccc3)cc2)c1. The number of ether oxygens (including phenoxy) is 1. The average molecular weight is 376 g/mol. The maximum absolute atomic E-state index is 12.3. The molecule has 3 rings (SSSR count). The minimum absolute atomic E-state index is 0.259. The Bertz CT molecular complexity index is 925. The van der Waals surface area contributed by atoms with Gasteiger partial charge in [0.1, 0.15) is 12.4 Å². The lowest BCUT2D eigenvalue weighted by molar-refractivity contribution is 0.0977. The zero-order valence-electron chi connectivity index (χ0n) is 14.9. The molecule has 3 aromatic rings. The lowest BCUT2D eigenvalue weighted by Crippen LogP contribution is -2.34. The standard InChI is InChI=1S/C22H20N2O2S/c1-16-6-5-9-19(14-16)23-22(27)24-21(25)18-10-12-20(13-11-18)26-15-17-7-3-2-4-8-17/h2-14H,15H2,1H3,(H2,23,24,25,27). The molecule has 0 saturated heterocycles. The van der Waals surface area contributed by atoms with Crippen LogP contribution in [0, 0.1) is 6.92 Å². The fourth-order valence-electron chi connectivity index (χ4n) is 2.50. The maximum Gasteiger partial charge on any atom is 0.257 e. The van der Waals surface area contributed by atoms with Crippen LogP contribution in [0.1, 0.15) is 21.5 Å². The van der Waals surface area contributed by atoms with Crippen molar-refractivity contribution in [1.82, 2.24) is 5.32 Å². The fraction of sp³-hybridized carbons (Fsp3) is 0.0909. The number of thiocarbonyl (C=S) groups is 1. The van der Waals surface area contributed by atoms with Crippen LogP contribution in [0.5, 0.6) is 5.75 Å². The van der Waals surface area contributed by atoms with Crippen LogP contribution in [0.4, 0.5) is 5.69 Å². The molecule has 1 amide bonds. The Morgan fingerprint density at radius 2 is 1.70 bits per heavy atom. The first-order chi connectivity index (χ1) is 13.1. The molecule has 136 valence electrons. The lowest BCUT2D eigenvalue weighted by atomic mass is 10.2. The third kappa shape index (κ3) is 5.66. The highest BCUT2D eigenvalue weighted by Gasteiger charge is 2.08. The van der Waals surface area contributed by atoms with Gasteiger partial charge in [-0.3, -0.25) is 10.1 Å². The largest absolute Gasteiger partial charge is 0.489 e. The molecule has 0 spiro atoms. The van der Waals surface area contributed by atoms with Crippen molar-refractivity contribution in [3.05, 3.63) is 95.6 Å². The summed E-state index contributed by atoms with van der Waals surface area (Å²) < 4.78 is 5.73. The van der Waals surface area contributed by atoms with Gasteiger partial charge in [-0.1, -0.05) is 42.5 Å². The number of benzene rings is 3. The molecule has 0 aromatic heterocycles. The van der Waals surface area contributed by atoms with Gasteiger partial charge < -0.3 is 10.1 Å². The second-order valence-electron chi connectivity index (χ2n) is 6.08. The number of carbonyl (C=O) groups is 1. The van der Waals surface area contributed by atoms with E-state index in [4.69, 9.17) is 17.0 Å². The van der Waals surface area contributed by atoms with Crippen molar-refractivity contribution in [3.8, 4) is 5.75 Å². The van der Waals surface area contributed by atoms with Gasteiger partial charge in [-0.05, 0) is 66.7 Å². The van der Waals surface area contributed by atoms with Crippen molar-refractivity contribution in [3.63, 3.8) is 0 Å². The first kappa shape index (κ1) is 18.6.